The minimum atomic E-state index is -0.888. The topological polar surface area (TPSA) is 49.3 Å². The molecule has 0 aliphatic heterocycles. The number of aromatic carboxylic acids is 1. The molecule has 0 saturated heterocycles. The van der Waals surface area contributed by atoms with Crippen molar-refractivity contribution in [3.8, 4) is 0 Å². The monoisotopic (exact) mass is 343 g/mol. The van der Waals surface area contributed by atoms with Gasteiger partial charge in [0.15, 0.2) is 0 Å². The molecule has 104 valence electrons. The van der Waals surface area contributed by atoms with E-state index in [0.29, 0.717) is 16.9 Å². The fourth-order valence-corrected chi connectivity index (χ4v) is 4.08. The molecule has 2 atom stereocenters. The summed E-state index contributed by atoms with van der Waals surface area (Å²) < 4.78 is 0.793. The minimum Gasteiger partial charge on any atom is -0.478 e. The Morgan fingerprint density at radius 2 is 2.32 bits per heavy atom. The summed E-state index contributed by atoms with van der Waals surface area (Å²) in [5.41, 5.74) is 1.06. The van der Waals surface area contributed by atoms with E-state index in [4.69, 9.17) is 0 Å². The van der Waals surface area contributed by atoms with Crippen molar-refractivity contribution in [2.75, 3.05) is 11.1 Å². The van der Waals surface area contributed by atoms with Crippen LogP contribution in [0.3, 0.4) is 0 Å². The summed E-state index contributed by atoms with van der Waals surface area (Å²) in [6.45, 7) is 2.17. The lowest BCUT2D eigenvalue weighted by atomic mass is 10.1. The first kappa shape index (κ1) is 14.7. The summed E-state index contributed by atoms with van der Waals surface area (Å²) in [7, 11) is 0. The van der Waals surface area contributed by atoms with Gasteiger partial charge in [-0.3, -0.25) is 0 Å². The SMILES string of the molecule is CCSC1CCCC1Nc1ccc(Br)cc1C(=O)O. The average Bonchev–Trinajstić information content (AvgIpc) is 2.79. The highest BCUT2D eigenvalue weighted by molar-refractivity contribution is 9.10. The molecule has 0 bridgehead atoms. The van der Waals surface area contributed by atoms with Crippen LogP contribution >= 0.6 is 27.7 Å². The first-order valence-corrected chi connectivity index (χ1v) is 8.37. The first-order chi connectivity index (χ1) is 9.11. The molecule has 0 amide bonds. The van der Waals surface area contributed by atoms with E-state index in [2.05, 4.69) is 28.2 Å². The van der Waals surface area contributed by atoms with Gasteiger partial charge in [0.25, 0.3) is 0 Å². The van der Waals surface area contributed by atoms with Crippen molar-refractivity contribution in [1.82, 2.24) is 0 Å². The van der Waals surface area contributed by atoms with Gasteiger partial charge < -0.3 is 10.4 Å². The molecule has 0 spiro atoms. The van der Waals surface area contributed by atoms with Crippen LogP contribution in [0.1, 0.15) is 36.5 Å². The van der Waals surface area contributed by atoms with Crippen molar-refractivity contribution in [2.45, 2.75) is 37.5 Å². The Morgan fingerprint density at radius 1 is 1.53 bits per heavy atom. The number of anilines is 1. The lowest BCUT2D eigenvalue weighted by Crippen LogP contribution is -2.27. The van der Waals surface area contributed by atoms with Gasteiger partial charge >= 0.3 is 5.97 Å². The van der Waals surface area contributed by atoms with Crippen molar-refractivity contribution in [1.29, 1.82) is 0 Å². The maximum absolute atomic E-state index is 11.3. The first-order valence-electron chi connectivity index (χ1n) is 6.52. The number of hydrogen-bond donors (Lipinski definition) is 2. The van der Waals surface area contributed by atoms with Crippen LogP contribution in [0.25, 0.3) is 0 Å². The van der Waals surface area contributed by atoms with Crippen molar-refractivity contribution in [2.24, 2.45) is 0 Å². The van der Waals surface area contributed by atoms with Crippen LogP contribution in [0.4, 0.5) is 5.69 Å². The third-order valence-electron chi connectivity index (χ3n) is 3.39. The summed E-state index contributed by atoms with van der Waals surface area (Å²) in [5.74, 6) is 0.219. The molecule has 1 aliphatic carbocycles. The molecule has 1 aromatic carbocycles. The van der Waals surface area contributed by atoms with Crippen LogP contribution in [0, 0.1) is 0 Å². The minimum absolute atomic E-state index is 0.335. The normalized spacial score (nSPS) is 22.4. The number of rotatable bonds is 5. The Hall–Kier alpha value is -0.680. The van der Waals surface area contributed by atoms with Gasteiger partial charge in [-0.2, -0.15) is 11.8 Å². The Balaban J connectivity index is 2.16. The summed E-state index contributed by atoms with van der Waals surface area (Å²) in [6, 6.07) is 5.76. The zero-order chi connectivity index (χ0) is 13.8. The second-order valence-electron chi connectivity index (χ2n) is 4.67. The largest absolute Gasteiger partial charge is 0.478 e. The number of benzene rings is 1. The van der Waals surface area contributed by atoms with Gasteiger partial charge in [0.2, 0.25) is 0 Å². The van der Waals surface area contributed by atoms with Crippen LogP contribution in [0.15, 0.2) is 22.7 Å². The molecule has 1 aliphatic rings. The van der Waals surface area contributed by atoms with E-state index in [0.717, 1.165) is 22.3 Å². The Bertz CT molecular complexity index is 467. The van der Waals surface area contributed by atoms with Crippen LogP contribution in [0.5, 0.6) is 0 Å². The highest BCUT2D eigenvalue weighted by atomic mass is 79.9. The highest BCUT2D eigenvalue weighted by Crippen LogP contribution is 2.33. The lowest BCUT2D eigenvalue weighted by Gasteiger charge is -2.22. The standard InChI is InChI=1S/C14H18BrNO2S/c1-2-19-13-5-3-4-12(13)16-11-7-6-9(15)8-10(11)14(17)18/h6-8,12-13,16H,2-5H2,1H3,(H,17,18). The molecule has 19 heavy (non-hydrogen) atoms. The van der Waals surface area contributed by atoms with Gasteiger partial charge in [0.1, 0.15) is 0 Å². The molecule has 2 unspecified atom stereocenters. The average molecular weight is 344 g/mol. The molecule has 1 aromatic rings. The second kappa shape index (κ2) is 6.66. The number of carboxylic acids is 1. The van der Waals surface area contributed by atoms with Gasteiger partial charge in [-0.25, -0.2) is 4.79 Å². The van der Waals surface area contributed by atoms with Crippen molar-refractivity contribution < 1.29 is 9.90 Å². The molecule has 1 fully saturated rings. The second-order valence-corrected chi connectivity index (χ2v) is 7.10. The Morgan fingerprint density at radius 3 is 3.00 bits per heavy atom. The van der Waals surface area contributed by atoms with Crippen molar-refractivity contribution in [3.63, 3.8) is 0 Å². The summed E-state index contributed by atoms with van der Waals surface area (Å²) >= 11 is 5.28. The zero-order valence-corrected chi connectivity index (χ0v) is 13.3. The van der Waals surface area contributed by atoms with Crippen molar-refractivity contribution >= 4 is 39.3 Å². The van der Waals surface area contributed by atoms with Gasteiger partial charge in [-0.1, -0.05) is 29.3 Å². The van der Waals surface area contributed by atoms with Crippen LogP contribution in [-0.2, 0) is 0 Å². The number of carboxylic acid groups (broad SMARTS) is 1. The summed E-state index contributed by atoms with van der Waals surface area (Å²) in [6.07, 6.45) is 3.55. The van der Waals surface area contributed by atoms with E-state index in [9.17, 15) is 9.90 Å². The maximum atomic E-state index is 11.3. The molecule has 0 aromatic heterocycles. The number of nitrogens with one attached hydrogen (secondary N) is 1. The zero-order valence-electron chi connectivity index (χ0n) is 10.9. The fourth-order valence-electron chi connectivity index (χ4n) is 2.52. The smallest absolute Gasteiger partial charge is 0.337 e. The molecular formula is C14H18BrNO2S. The van der Waals surface area contributed by atoms with Gasteiger partial charge in [0, 0.05) is 21.5 Å². The van der Waals surface area contributed by atoms with E-state index in [1.54, 1.807) is 6.07 Å². The summed E-state index contributed by atoms with van der Waals surface area (Å²) in [5, 5.41) is 13.3. The van der Waals surface area contributed by atoms with E-state index in [1.165, 1.54) is 12.8 Å². The third kappa shape index (κ3) is 3.66. The molecule has 0 radical (unpaired) electrons. The molecule has 3 nitrogen and oxygen atoms in total. The quantitative estimate of drug-likeness (QED) is 0.839. The Kier molecular flexibility index (Phi) is 5.16. The van der Waals surface area contributed by atoms with Gasteiger partial charge in [-0.05, 0) is 36.8 Å². The molecule has 2 rings (SSSR count). The van der Waals surface area contributed by atoms with Crippen LogP contribution in [-0.4, -0.2) is 28.1 Å². The Labute approximate surface area is 126 Å². The third-order valence-corrected chi connectivity index (χ3v) is 5.21. The summed E-state index contributed by atoms with van der Waals surface area (Å²) in [4.78, 5) is 11.3. The number of thioether (sulfide) groups is 1. The van der Waals surface area contributed by atoms with E-state index < -0.39 is 5.97 Å². The maximum Gasteiger partial charge on any atom is 0.337 e. The molecule has 2 N–H and O–H groups in total. The van der Waals surface area contributed by atoms with Gasteiger partial charge in [0.05, 0.1) is 5.56 Å². The number of carbonyl (C=O) groups is 1. The lowest BCUT2D eigenvalue weighted by molar-refractivity contribution is 0.0698. The molecule has 0 heterocycles. The fraction of sp³-hybridized carbons (Fsp3) is 0.500. The van der Waals surface area contributed by atoms with Crippen LogP contribution in [0.2, 0.25) is 0 Å². The predicted octanol–water partition coefficient (Wildman–Crippen LogP) is 4.23. The van der Waals surface area contributed by atoms with E-state index in [1.807, 2.05) is 23.9 Å². The van der Waals surface area contributed by atoms with Crippen molar-refractivity contribution in [3.05, 3.63) is 28.2 Å². The predicted molar refractivity (Wildman–Crippen MR) is 84.3 cm³/mol. The number of hydrogen-bond acceptors (Lipinski definition) is 3. The molecule has 1 saturated carbocycles. The highest BCUT2D eigenvalue weighted by Gasteiger charge is 2.28. The van der Waals surface area contributed by atoms with Crippen LogP contribution < -0.4 is 5.32 Å². The molecular weight excluding hydrogens is 326 g/mol. The van der Waals surface area contributed by atoms with E-state index in [-0.39, 0.29) is 0 Å². The number of halogens is 1. The molecule has 5 heteroatoms. The van der Waals surface area contributed by atoms with E-state index >= 15 is 0 Å². The van der Waals surface area contributed by atoms with Gasteiger partial charge in [-0.15, -0.1) is 0 Å².